The summed E-state index contributed by atoms with van der Waals surface area (Å²) in [5.74, 6) is 1.17. The van der Waals surface area contributed by atoms with Gasteiger partial charge >= 0.3 is 0 Å². The number of pyridine rings is 2. The highest BCUT2D eigenvalue weighted by atomic mass is 16.3. The first-order chi connectivity index (χ1) is 9.72. The van der Waals surface area contributed by atoms with Crippen LogP contribution in [0.4, 0.5) is 11.5 Å². The Kier molecular flexibility index (Phi) is 4.76. The summed E-state index contributed by atoms with van der Waals surface area (Å²) in [6, 6.07) is 7.45. The van der Waals surface area contributed by atoms with E-state index in [4.69, 9.17) is 0 Å². The zero-order valence-electron chi connectivity index (χ0n) is 11.9. The smallest absolute Gasteiger partial charge is 0.133 e. The summed E-state index contributed by atoms with van der Waals surface area (Å²) in [4.78, 5) is 10.8. The minimum atomic E-state index is 0.180. The van der Waals surface area contributed by atoms with E-state index in [1.54, 1.807) is 12.1 Å². The lowest BCUT2D eigenvalue weighted by Gasteiger charge is -2.19. The van der Waals surface area contributed by atoms with Gasteiger partial charge in [0.15, 0.2) is 0 Å². The first-order valence-corrected chi connectivity index (χ1v) is 6.81. The van der Waals surface area contributed by atoms with Crippen LogP contribution in [0.1, 0.15) is 19.5 Å². The summed E-state index contributed by atoms with van der Waals surface area (Å²) in [7, 11) is 0. The number of aromatic nitrogens is 2. The molecule has 2 rings (SSSR count). The molecule has 0 aliphatic carbocycles. The molecule has 0 radical (unpaired) electrons. The molecule has 0 aromatic carbocycles. The summed E-state index contributed by atoms with van der Waals surface area (Å²) in [6.07, 6.45) is 3.27. The minimum absolute atomic E-state index is 0.180. The van der Waals surface area contributed by atoms with E-state index in [1.165, 1.54) is 6.20 Å². The van der Waals surface area contributed by atoms with Crippen molar-refractivity contribution in [3.63, 3.8) is 0 Å². The maximum absolute atomic E-state index is 9.17. The van der Waals surface area contributed by atoms with Crippen LogP contribution in [0.15, 0.2) is 36.7 Å². The lowest BCUT2D eigenvalue weighted by atomic mass is 10.3. The van der Waals surface area contributed by atoms with Gasteiger partial charge in [-0.25, -0.2) is 4.98 Å². The molecule has 0 saturated carbocycles. The molecule has 0 atom stereocenters. The highest BCUT2D eigenvalue weighted by Gasteiger charge is 2.03. The van der Waals surface area contributed by atoms with Gasteiger partial charge in [-0.05, 0) is 38.1 Å². The van der Waals surface area contributed by atoms with E-state index in [0.29, 0.717) is 6.54 Å². The summed E-state index contributed by atoms with van der Waals surface area (Å²) < 4.78 is 0. The predicted molar refractivity (Wildman–Crippen MR) is 81.0 cm³/mol. The zero-order valence-corrected chi connectivity index (χ0v) is 11.9. The van der Waals surface area contributed by atoms with Crippen LogP contribution in [0.3, 0.4) is 0 Å². The molecule has 0 amide bonds. The molecule has 0 bridgehead atoms. The second kappa shape index (κ2) is 6.75. The Hall–Kier alpha value is -2.30. The van der Waals surface area contributed by atoms with Crippen molar-refractivity contribution in [1.29, 1.82) is 0 Å². The number of rotatable bonds is 6. The van der Waals surface area contributed by atoms with Crippen LogP contribution < -0.4 is 10.2 Å². The lowest BCUT2D eigenvalue weighted by molar-refractivity contribution is 0.472. The first kappa shape index (κ1) is 14.1. The van der Waals surface area contributed by atoms with Crippen molar-refractivity contribution in [3.8, 4) is 5.75 Å². The van der Waals surface area contributed by atoms with Crippen molar-refractivity contribution < 1.29 is 5.11 Å². The molecular weight excluding hydrogens is 252 g/mol. The van der Waals surface area contributed by atoms with Gasteiger partial charge in [-0.3, -0.25) is 4.98 Å². The summed E-state index contributed by atoms with van der Waals surface area (Å²) in [5, 5.41) is 12.4. The van der Waals surface area contributed by atoms with E-state index in [1.807, 2.05) is 18.3 Å². The molecule has 0 aliphatic rings. The van der Waals surface area contributed by atoms with Crippen LogP contribution in [-0.2, 0) is 6.54 Å². The standard InChI is InChI=1S/C15H20N4O/c1-3-19(4-2)15-8-6-13(10-18-15)16-9-12-5-7-14(20)11-17-12/h5-8,10-11,16,20H,3-4,9H2,1-2H3. The summed E-state index contributed by atoms with van der Waals surface area (Å²) >= 11 is 0. The second-order valence-electron chi connectivity index (χ2n) is 4.44. The van der Waals surface area contributed by atoms with Crippen molar-refractivity contribution in [2.45, 2.75) is 20.4 Å². The Balaban J connectivity index is 1.95. The van der Waals surface area contributed by atoms with E-state index >= 15 is 0 Å². The second-order valence-corrected chi connectivity index (χ2v) is 4.44. The molecule has 0 fully saturated rings. The highest BCUT2D eigenvalue weighted by Crippen LogP contribution is 2.14. The van der Waals surface area contributed by atoms with E-state index < -0.39 is 0 Å². The Morgan fingerprint density at radius 1 is 1.05 bits per heavy atom. The fraction of sp³-hybridized carbons (Fsp3) is 0.333. The summed E-state index contributed by atoms with van der Waals surface area (Å²) in [6.45, 7) is 6.75. The minimum Gasteiger partial charge on any atom is -0.506 e. The van der Waals surface area contributed by atoms with Crippen molar-refractivity contribution >= 4 is 11.5 Å². The predicted octanol–water partition coefficient (Wildman–Crippen LogP) is 2.64. The van der Waals surface area contributed by atoms with Gasteiger partial charge < -0.3 is 15.3 Å². The zero-order chi connectivity index (χ0) is 14.4. The average Bonchev–Trinajstić information content (AvgIpc) is 2.49. The summed E-state index contributed by atoms with van der Waals surface area (Å²) in [5.41, 5.74) is 1.83. The van der Waals surface area contributed by atoms with Crippen molar-refractivity contribution in [2.24, 2.45) is 0 Å². The number of nitrogens with zero attached hydrogens (tertiary/aromatic N) is 3. The van der Waals surface area contributed by atoms with E-state index in [-0.39, 0.29) is 5.75 Å². The van der Waals surface area contributed by atoms with Crippen LogP contribution in [0.2, 0.25) is 0 Å². The number of hydrogen-bond acceptors (Lipinski definition) is 5. The van der Waals surface area contributed by atoms with Gasteiger partial charge in [0.2, 0.25) is 0 Å². The third-order valence-corrected chi connectivity index (χ3v) is 3.12. The number of nitrogens with one attached hydrogen (secondary N) is 1. The quantitative estimate of drug-likeness (QED) is 0.846. The molecular formula is C15H20N4O. The molecule has 2 N–H and O–H groups in total. The molecule has 106 valence electrons. The Bertz CT molecular complexity index is 521. The maximum atomic E-state index is 9.17. The Labute approximate surface area is 119 Å². The van der Waals surface area contributed by atoms with Crippen LogP contribution in [0.25, 0.3) is 0 Å². The van der Waals surface area contributed by atoms with Crippen LogP contribution in [-0.4, -0.2) is 28.2 Å². The molecule has 20 heavy (non-hydrogen) atoms. The third-order valence-electron chi connectivity index (χ3n) is 3.12. The molecule has 5 heteroatoms. The number of anilines is 2. The van der Waals surface area contributed by atoms with E-state index in [9.17, 15) is 5.11 Å². The molecule has 2 heterocycles. The van der Waals surface area contributed by atoms with Gasteiger partial charge in [-0.1, -0.05) is 0 Å². The molecule has 2 aromatic heterocycles. The SMILES string of the molecule is CCN(CC)c1ccc(NCc2ccc(O)cn2)cn1. The highest BCUT2D eigenvalue weighted by molar-refractivity contribution is 5.48. The molecule has 2 aromatic rings. The molecule has 0 aliphatic heterocycles. The average molecular weight is 272 g/mol. The molecule has 0 saturated heterocycles. The molecule has 0 unspecified atom stereocenters. The lowest BCUT2D eigenvalue weighted by Crippen LogP contribution is -2.22. The fourth-order valence-electron chi connectivity index (χ4n) is 1.94. The normalized spacial score (nSPS) is 10.3. The van der Waals surface area contributed by atoms with Crippen molar-refractivity contribution in [2.75, 3.05) is 23.3 Å². The van der Waals surface area contributed by atoms with E-state index in [0.717, 1.165) is 30.3 Å². The van der Waals surface area contributed by atoms with Gasteiger partial charge in [-0.15, -0.1) is 0 Å². The largest absolute Gasteiger partial charge is 0.506 e. The van der Waals surface area contributed by atoms with Gasteiger partial charge in [0.1, 0.15) is 11.6 Å². The topological polar surface area (TPSA) is 61.3 Å². The van der Waals surface area contributed by atoms with E-state index in [2.05, 4.69) is 34.0 Å². The fourth-order valence-corrected chi connectivity index (χ4v) is 1.94. The van der Waals surface area contributed by atoms with Gasteiger partial charge in [-0.2, -0.15) is 0 Å². The van der Waals surface area contributed by atoms with Crippen LogP contribution in [0, 0.1) is 0 Å². The van der Waals surface area contributed by atoms with Gasteiger partial charge in [0, 0.05) is 13.1 Å². The molecule has 5 nitrogen and oxygen atoms in total. The Morgan fingerprint density at radius 2 is 1.85 bits per heavy atom. The maximum Gasteiger partial charge on any atom is 0.133 e. The van der Waals surface area contributed by atoms with Crippen molar-refractivity contribution in [1.82, 2.24) is 9.97 Å². The number of aromatic hydroxyl groups is 1. The number of hydrogen-bond donors (Lipinski definition) is 2. The van der Waals surface area contributed by atoms with Crippen molar-refractivity contribution in [3.05, 3.63) is 42.4 Å². The first-order valence-electron chi connectivity index (χ1n) is 6.81. The third kappa shape index (κ3) is 3.60. The molecule has 0 spiro atoms. The van der Waals surface area contributed by atoms with Gasteiger partial charge in [0.25, 0.3) is 0 Å². The van der Waals surface area contributed by atoms with Crippen LogP contribution in [0.5, 0.6) is 5.75 Å². The Morgan fingerprint density at radius 3 is 2.40 bits per heavy atom. The monoisotopic (exact) mass is 272 g/mol. The van der Waals surface area contributed by atoms with Gasteiger partial charge in [0.05, 0.1) is 30.3 Å². The van der Waals surface area contributed by atoms with Crippen LogP contribution >= 0.6 is 0 Å².